The number of guanidine groups is 1. The molecule has 0 aliphatic carbocycles. The minimum atomic E-state index is 0.106. The molecule has 1 aromatic carbocycles. The van der Waals surface area contributed by atoms with Crippen LogP contribution >= 0.6 is 11.8 Å². The number of unbranched alkanes of at least 4 members (excludes halogenated alkanes) is 7. The van der Waals surface area contributed by atoms with Gasteiger partial charge in [0.25, 0.3) is 0 Å². The van der Waals surface area contributed by atoms with E-state index in [1.165, 1.54) is 62.0 Å². The highest BCUT2D eigenvalue weighted by molar-refractivity contribution is 7.99. The summed E-state index contributed by atoms with van der Waals surface area (Å²) in [6.07, 6.45) is 11.0. The van der Waals surface area contributed by atoms with Gasteiger partial charge in [0, 0.05) is 4.90 Å². The maximum atomic E-state index is 5.35. The van der Waals surface area contributed by atoms with Gasteiger partial charge in [-0.3, -0.25) is 0 Å². The average Bonchev–Trinajstić information content (AvgIpc) is 2.47. The van der Waals surface area contributed by atoms with Gasteiger partial charge in [0.05, 0.1) is 5.69 Å². The van der Waals surface area contributed by atoms with E-state index in [1.807, 2.05) is 23.9 Å². The first kappa shape index (κ1) is 17.9. The fraction of sp³-hybridized carbons (Fsp3) is 0.588. The van der Waals surface area contributed by atoms with Crippen LogP contribution in [0.4, 0.5) is 5.69 Å². The van der Waals surface area contributed by atoms with E-state index in [4.69, 9.17) is 11.5 Å². The highest BCUT2D eigenvalue weighted by atomic mass is 32.2. The molecule has 4 N–H and O–H groups in total. The van der Waals surface area contributed by atoms with Gasteiger partial charge in [-0.15, -0.1) is 11.8 Å². The fourth-order valence-corrected chi connectivity index (χ4v) is 3.10. The van der Waals surface area contributed by atoms with Gasteiger partial charge in [-0.25, -0.2) is 4.99 Å². The monoisotopic (exact) mass is 307 g/mol. The lowest BCUT2D eigenvalue weighted by Gasteiger charge is -2.03. The molecule has 0 aliphatic rings. The molecular weight excluding hydrogens is 278 g/mol. The molecule has 0 amide bonds. The van der Waals surface area contributed by atoms with Crippen molar-refractivity contribution in [3.63, 3.8) is 0 Å². The molecular formula is C17H29N3S. The SMILES string of the molecule is CCCCCCCCCCSc1ccc(N=C(N)N)cc1. The van der Waals surface area contributed by atoms with Crippen LogP contribution in [-0.4, -0.2) is 11.7 Å². The lowest BCUT2D eigenvalue weighted by molar-refractivity contribution is 0.586. The number of thioether (sulfide) groups is 1. The molecule has 0 unspecified atom stereocenters. The van der Waals surface area contributed by atoms with E-state index in [0.29, 0.717) is 0 Å². The second kappa shape index (κ2) is 11.5. The Balaban J connectivity index is 2.06. The van der Waals surface area contributed by atoms with Crippen LogP contribution in [0.3, 0.4) is 0 Å². The second-order valence-corrected chi connectivity index (χ2v) is 6.52. The molecule has 118 valence electrons. The molecule has 0 spiro atoms. The van der Waals surface area contributed by atoms with Crippen molar-refractivity contribution in [2.75, 3.05) is 5.75 Å². The molecule has 0 bridgehead atoms. The van der Waals surface area contributed by atoms with E-state index < -0.39 is 0 Å². The van der Waals surface area contributed by atoms with Crippen LogP contribution < -0.4 is 11.5 Å². The molecule has 1 rings (SSSR count). The highest BCUT2D eigenvalue weighted by Crippen LogP contribution is 2.23. The largest absolute Gasteiger partial charge is 0.370 e. The van der Waals surface area contributed by atoms with E-state index in [1.54, 1.807) is 0 Å². The Kier molecular flexibility index (Phi) is 9.79. The summed E-state index contributed by atoms with van der Waals surface area (Å²) in [5.74, 6) is 1.30. The number of hydrogen-bond acceptors (Lipinski definition) is 2. The van der Waals surface area contributed by atoms with Gasteiger partial charge >= 0.3 is 0 Å². The van der Waals surface area contributed by atoms with Gasteiger partial charge in [-0.2, -0.15) is 0 Å². The summed E-state index contributed by atoms with van der Waals surface area (Å²) in [5.41, 5.74) is 11.5. The summed E-state index contributed by atoms with van der Waals surface area (Å²) in [5, 5.41) is 0. The average molecular weight is 308 g/mol. The van der Waals surface area contributed by atoms with Crippen molar-refractivity contribution in [2.45, 2.75) is 63.2 Å². The third kappa shape index (κ3) is 9.40. The molecule has 0 atom stereocenters. The predicted octanol–water partition coefficient (Wildman–Crippen LogP) is 4.82. The summed E-state index contributed by atoms with van der Waals surface area (Å²) < 4.78 is 0. The zero-order chi connectivity index (χ0) is 15.3. The molecule has 0 aliphatic heterocycles. The number of benzene rings is 1. The summed E-state index contributed by atoms with van der Waals surface area (Å²) in [4.78, 5) is 5.30. The van der Waals surface area contributed by atoms with Crippen molar-refractivity contribution < 1.29 is 0 Å². The van der Waals surface area contributed by atoms with Crippen LogP contribution in [0.2, 0.25) is 0 Å². The van der Waals surface area contributed by atoms with Crippen molar-refractivity contribution in [2.24, 2.45) is 16.5 Å². The van der Waals surface area contributed by atoms with E-state index in [2.05, 4.69) is 24.0 Å². The number of hydrogen-bond donors (Lipinski definition) is 2. The Morgan fingerprint density at radius 2 is 1.48 bits per heavy atom. The fourth-order valence-electron chi connectivity index (χ4n) is 2.19. The summed E-state index contributed by atoms with van der Waals surface area (Å²) in [6, 6.07) is 8.07. The predicted molar refractivity (Wildman–Crippen MR) is 95.2 cm³/mol. The molecule has 1 aromatic rings. The second-order valence-electron chi connectivity index (χ2n) is 5.35. The van der Waals surface area contributed by atoms with Crippen LogP contribution in [0.5, 0.6) is 0 Å². The van der Waals surface area contributed by atoms with Crippen LogP contribution in [0.25, 0.3) is 0 Å². The summed E-state index contributed by atoms with van der Waals surface area (Å²) >= 11 is 1.91. The third-order valence-corrected chi connectivity index (χ3v) is 4.46. The molecule has 0 radical (unpaired) electrons. The molecule has 0 saturated carbocycles. The maximum absolute atomic E-state index is 5.35. The van der Waals surface area contributed by atoms with E-state index in [0.717, 1.165) is 5.69 Å². The van der Waals surface area contributed by atoms with Gasteiger partial charge < -0.3 is 11.5 Å². The zero-order valence-electron chi connectivity index (χ0n) is 13.2. The topological polar surface area (TPSA) is 64.4 Å². The van der Waals surface area contributed by atoms with Crippen molar-refractivity contribution in [3.8, 4) is 0 Å². The molecule has 0 fully saturated rings. The van der Waals surface area contributed by atoms with Crippen LogP contribution in [0.15, 0.2) is 34.2 Å². The van der Waals surface area contributed by atoms with Crippen molar-refractivity contribution in [1.29, 1.82) is 0 Å². The maximum Gasteiger partial charge on any atom is 0.191 e. The third-order valence-electron chi connectivity index (χ3n) is 3.36. The smallest absolute Gasteiger partial charge is 0.191 e. The number of nitrogens with two attached hydrogens (primary N) is 2. The molecule has 0 saturated heterocycles. The van der Waals surface area contributed by atoms with Crippen molar-refractivity contribution in [3.05, 3.63) is 24.3 Å². The Morgan fingerprint density at radius 1 is 0.905 bits per heavy atom. The lowest BCUT2D eigenvalue weighted by Crippen LogP contribution is -2.21. The van der Waals surface area contributed by atoms with Crippen LogP contribution in [-0.2, 0) is 0 Å². The highest BCUT2D eigenvalue weighted by Gasteiger charge is 1.96. The lowest BCUT2D eigenvalue weighted by atomic mass is 10.1. The molecule has 0 aromatic heterocycles. The Hall–Kier alpha value is -1.16. The van der Waals surface area contributed by atoms with E-state index >= 15 is 0 Å². The summed E-state index contributed by atoms with van der Waals surface area (Å²) in [7, 11) is 0. The Bertz CT molecular complexity index is 397. The van der Waals surface area contributed by atoms with E-state index in [-0.39, 0.29) is 5.96 Å². The molecule has 3 nitrogen and oxygen atoms in total. The van der Waals surface area contributed by atoms with Crippen molar-refractivity contribution >= 4 is 23.4 Å². The van der Waals surface area contributed by atoms with Gasteiger partial charge in [-0.1, -0.05) is 51.9 Å². The van der Waals surface area contributed by atoms with E-state index in [9.17, 15) is 0 Å². The quantitative estimate of drug-likeness (QED) is 0.266. The Labute approximate surface area is 133 Å². The normalized spacial score (nSPS) is 10.5. The first-order valence-electron chi connectivity index (χ1n) is 8.05. The standard InChI is InChI=1S/C17H29N3S/c1-2-3-4-5-6-7-8-9-14-21-16-12-10-15(11-13-16)20-17(18)19/h10-13H,2-9,14H2,1H3,(H4,18,19,20). The summed E-state index contributed by atoms with van der Waals surface area (Å²) in [6.45, 7) is 2.26. The minimum absolute atomic E-state index is 0.106. The first-order chi connectivity index (χ1) is 10.2. The minimum Gasteiger partial charge on any atom is -0.370 e. The molecule has 21 heavy (non-hydrogen) atoms. The number of rotatable bonds is 11. The molecule has 4 heteroatoms. The number of nitrogens with zero attached hydrogens (tertiary/aromatic N) is 1. The van der Waals surface area contributed by atoms with Gasteiger partial charge in [0.2, 0.25) is 0 Å². The Morgan fingerprint density at radius 3 is 2.05 bits per heavy atom. The van der Waals surface area contributed by atoms with Crippen LogP contribution in [0.1, 0.15) is 58.3 Å². The number of aliphatic imine (C=N–C) groups is 1. The van der Waals surface area contributed by atoms with Crippen molar-refractivity contribution in [1.82, 2.24) is 0 Å². The van der Waals surface area contributed by atoms with Gasteiger partial charge in [-0.05, 0) is 36.4 Å². The van der Waals surface area contributed by atoms with Gasteiger partial charge in [0.1, 0.15) is 0 Å². The first-order valence-corrected chi connectivity index (χ1v) is 9.03. The van der Waals surface area contributed by atoms with Crippen LogP contribution in [0, 0.1) is 0 Å². The zero-order valence-corrected chi connectivity index (χ0v) is 14.0. The molecule has 0 heterocycles. The van der Waals surface area contributed by atoms with Gasteiger partial charge in [0.15, 0.2) is 5.96 Å².